The number of aryl methyl sites for hydroxylation is 2. The number of carbonyl (C=O) groups excluding carboxylic acids is 1. The van der Waals surface area contributed by atoms with Gasteiger partial charge in [0.1, 0.15) is 0 Å². The van der Waals surface area contributed by atoms with Crippen LogP contribution in [0.1, 0.15) is 43.4 Å². The first kappa shape index (κ1) is 16.3. The van der Waals surface area contributed by atoms with E-state index < -0.39 is 0 Å². The van der Waals surface area contributed by atoms with Gasteiger partial charge in [-0.1, -0.05) is 25.5 Å². The van der Waals surface area contributed by atoms with Crippen LogP contribution in [0.5, 0.6) is 0 Å². The number of fused-ring (bicyclic) bond motifs is 1. The van der Waals surface area contributed by atoms with E-state index in [0.29, 0.717) is 5.56 Å². The monoisotopic (exact) mass is 300 g/mol. The third-order valence-electron chi connectivity index (χ3n) is 4.18. The van der Waals surface area contributed by atoms with Crippen molar-refractivity contribution in [2.45, 2.75) is 47.1 Å². The molecular weight excluding hydrogens is 276 g/mol. The van der Waals surface area contributed by atoms with Gasteiger partial charge in [-0.15, -0.1) is 0 Å². The molecule has 2 rings (SSSR count). The Hall–Kier alpha value is -2.10. The summed E-state index contributed by atoms with van der Waals surface area (Å²) < 4.78 is 0. The molecule has 0 aliphatic carbocycles. The largest absolute Gasteiger partial charge is 0.352 e. The van der Waals surface area contributed by atoms with E-state index in [1.54, 1.807) is 0 Å². The van der Waals surface area contributed by atoms with Crippen molar-refractivity contribution in [3.63, 3.8) is 0 Å². The number of aromatic amines is 1. The Balaban J connectivity index is 2.27. The molecule has 1 amide bonds. The molecule has 0 spiro atoms. The standard InChI is InChI=1S/C18H24N2O2/c1-5-13(6-2)17(21)19-10-15-9-14-8-11(3)7-12(4)16(14)20-18(15)22/h7-9,13H,5-6,10H2,1-4H3,(H,19,21)(H,20,22). The van der Waals surface area contributed by atoms with E-state index in [0.717, 1.165) is 34.9 Å². The Morgan fingerprint density at radius 1 is 1.18 bits per heavy atom. The number of carbonyl (C=O) groups is 1. The molecule has 0 unspecified atom stereocenters. The lowest BCUT2D eigenvalue weighted by molar-refractivity contribution is -0.125. The van der Waals surface area contributed by atoms with Gasteiger partial charge in [0.2, 0.25) is 5.91 Å². The third-order valence-corrected chi connectivity index (χ3v) is 4.18. The van der Waals surface area contributed by atoms with E-state index in [1.807, 2.05) is 45.9 Å². The fourth-order valence-electron chi connectivity index (χ4n) is 2.85. The Morgan fingerprint density at radius 2 is 1.86 bits per heavy atom. The zero-order valence-corrected chi connectivity index (χ0v) is 13.7. The van der Waals surface area contributed by atoms with Crippen LogP contribution < -0.4 is 10.9 Å². The van der Waals surface area contributed by atoms with Gasteiger partial charge < -0.3 is 10.3 Å². The Bertz CT molecular complexity index is 743. The highest BCUT2D eigenvalue weighted by Gasteiger charge is 2.14. The second-order valence-electron chi connectivity index (χ2n) is 5.90. The minimum atomic E-state index is -0.135. The lowest BCUT2D eigenvalue weighted by atomic mass is 10.0. The Labute approximate surface area is 130 Å². The summed E-state index contributed by atoms with van der Waals surface area (Å²) in [7, 11) is 0. The fourth-order valence-corrected chi connectivity index (χ4v) is 2.85. The van der Waals surface area contributed by atoms with Crippen LogP contribution in [0.3, 0.4) is 0 Å². The number of amides is 1. The van der Waals surface area contributed by atoms with E-state index in [-0.39, 0.29) is 23.9 Å². The zero-order chi connectivity index (χ0) is 16.3. The zero-order valence-electron chi connectivity index (χ0n) is 13.7. The first-order chi connectivity index (χ1) is 10.5. The summed E-state index contributed by atoms with van der Waals surface area (Å²) in [4.78, 5) is 27.2. The first-order valence-electron chi connectivity index (χ1n) is 7.87. The third kappa shape index (κ3) is 3.38. The van der Waals surface area contributed by atoms with E-state index in [1.165, 1.54) is 0 Å². The highest BCUT2D eigenvalue weighted by Crippen LogP contribution is 2.18. The maximum absolute atomic E-state index is 12.2. The Morgan fingerprint density at radius 3 is 2.50 bits per heavy atom. The van der Waals surface area contributed by atoms with Crippen LogP contribution in [-0.2, 0) is 11.3 Å². The predicted molar refractivity (Wildman–Crippen MR) is 90.0 cm³/mol. The highest BCUT2D eigenvalue weighted by atomic mass is 16.2. The molecule has 1 heterocycles. The van der Waals surface area contributed by atoms with Crippen LogP contribution in [0.25, 0.3) is 10.9 Å². The van der Waals surface area contributed by atoms with Gasteiger partial charge in [0.15, 0.2) is 0 Å². The van der Waals surface area contributed by atoms with Gasteiger partial charge in [0.25, 0.3) is 5.56 Å². The van der Waals surface area contributed by atoms with E-state index in [9.17, 15) is 9.59 Å². The Kier molecular flexibility index (Phi) is 5.01. The van der Waals surface area contributed by atoms with Crippen molar-refractivity contribution >= 4 is 16.8 Å². The number of H-pyrrole nitrogens is 1. The lowest BCUT2D eigenvalue weighted by Crippen LogP contribution is -2.31. The van der Waals surface area contributed by atoms with Gasteiger partial charge in [-0.2, -0.15) is 0 Å². The van der Waals surface area contributed by atoms with Crippen molar-refractivity contribution in [2.24, 2.45) is 5.92 Å². The molecule has 118 valence electrons. The summed E-state index contributed by atoms with van der Waals surface area (Å²) in [6.07, 6.45) is 1.63. The minimum Gasteiger partial charge on any atom is -0.352 e. The van der Waals surface area contributed by atoms with Crippen LogP contribution in [0, 0.1) is 19.8 Å². The molecule has 2 aromatic rings. The van der Waals surface area contributed by atoms with Crippen molar-refractivity contribution in [1.82, 2.24) is 10.3 Å². The molecule has 0 saturated carbocycles. The number of hydrogen-bond acceptors (Lipinski definition) is 2. The van der Waals surface area contributed by atoms with Crippen LogP contribution in [0.15, 0.2) is 23.0 Å². The fraction of sp³-hybridized carbons (Fsp3) is 0.444. The summed E-state index contributed by atoms with van der Waals surface area (Å²) in [5.41, 5.74) is 3.54. The van der Waals surface area contributed by atoms with Gasteiger partial charge >= 0.3 is 0 Å². The number of benzene rings is 1. The number of nitrogens with one attached hydrogen (secondary N) is 2. The van der Waals surface area contributed by atoms with Crippen molar-refractivity contribution in [2.75, 3.05) is 0 Å². The molecule has 0 aliphatic rings. The smallest absolute Gasteiger partial charge is 0.253 e. The maximum Gasteiger partial charge on any atom is 0.253 e. The number of pyridine rings is 1. The molecule has 0 fully saturated rings. The summed E-state index contributed by atoms with van der Waals surface area (Å²) in [6, 6.07) is 5.97. The minimum absolute atomic E-state index is 0.0176. The van der Waals surface area contributed by atoms with Gasteiger partial charge in [0, 0.05) is 18.0 Å². The molecule has 0 aliphatic heterocycles. The van der Waals surface area contributed by atoms with Crippen LogP contribution >= 0.6 is 0 Å². The number of hydrogen-bond donors (Lipinski definition) is 2. The lowest BCUT2D eigenvalue weighted by Gasteiger charge is -2.13. The van der Waals surface area contributed by atoms with Crippen molar-refractivity contribution < 1.29 is 4.79 Å². The average molecular weight is 300 g/mol. The van der Waals surface area contributed by atoms with E-state index in [2.05, 4.69) is 10.3 Å². The molecular formula is C18H24N2O2. The van der Waals surface area contributed by atoms with Crippen molar-refractivity contribution in [3.05, 3.63) is 45.2 Å². The molecule has 0 atom stereocenters. The normalized spacial score (nSPS) is 11.1. The van der Waals surface area contributed by atoms with E-state index in [4.69, 9.17) is 0 Å². The molecule has 2 N–H and O–H groups in total. The van der Waals surface area contributed by atoms with Crippen molar-refractivity contribution in [1.29, 1.82) is 0 Å². The van der Waals surface area contributed by atoms with Gasteiger partial charge in [-0.3, -0.25) is 9.59 Å². The SMILES string of the molecule is CCC(CC)C(=O)NCc1cc2cc(C)cc(C)c2[nH]c1=O. The van der Waals surface area contributed by atoms with Crippen molar-refractivity contribution in [3.8, 4) is 0 Å². The van der Waals surface area contributed by atoms with Gasteiger partial charge in [-0.25, -0.2) is 0 Å². The summed E-state index contributed by atoms with van der Waals surface area (Å²) >= 11 is 0. The number of aromatic nitrogens is 1. The summed E-state index contributed by atoms with van der Waals surface area (Å²) in [6.45, 7) is 8.30. The number of rotatable bonds is 5. The summed E-state index contributed by atoms with van der Waals surface area (Å²) in [5, 5.41) is 3.88. The van der Waals surface area contributed by atoms with Crippen LogP contribution in [0.4, 0.5) is 0 Å². The predicted octanol–water partition coefficient (Wildman–Crippen LogP) is 3.20. The van der Waals surface area contributed by atoms with Gasteiger partial charge in [-0.05, 0) is 49.8 Å². The second-order valence-corrected chi connectivity index (χ2v) is 5.90. The summed E-state index contributed by atoms with van der Waals surface area (Å²) in [5.74, 6) is 0.0361. The topological polar surface area (TPSA) is 62.0 Å². The molecule has 0 bridgehead atoms. The van der Waals surface area contributed by atoms with Crippen LogP contribution in [-0.4, -0.2) is 10.9 Å². The first-order valence-corrected chi connectivity index (χ1v) is 7.87. The molecule has 1 aromatic heterocycles. The molecule has 22 heavy (non-hydrogen) atoms. The molecule has 4 heteroatoms. The molecule has 0 saturated heterocycles. The molecule has 1 aromatic carbocycles. The average Bonchev–Trinajstić information content (AvgIpc) is 2.47. The van der Waals surface area contributed by atoms with Gasteiger partial charge in [0.05, 0.1) is 5.52 Å². The second kappa shape index (κ2) is 6.77. The quantitative estimate of drug-likeness (QED) is 0.890. The maximum atomic E-state index is 12.2. The van der Waals surface area contributed by atoms with E-state index >= 15 is 0 Å². The molecule has 0 radical (unpaired) electrons. The van der Waals surface area contributed by atoms with Crippen LogP contribution in [0.2, 0.25) is 0 Å². The molecule has 4 nitrogen and oxygen atoms in total. The highest BCUT2D eigenvalue weighted by molar-refractivity contribution is 5.83.